The Morgan fingerprint density at radius 1 is 1.29 bits per heavy atom. The number of nitrogens with two attached hydrogens (primary N) is 1. The standard InChI is InChI=1S/C18H16F3N5O4S/c1-26-17(22)25-18(4-5-30-16(18)31(26,28)29)11-7-10(2-3-12(11)20)24-15(27)14-13(21)6-9(19)8-23-14/h2-3,6-8,16H,4-5H2,1H3,(H2,22,25)(H,24,27). The fourth-order valence-corrected chi connectivity index (χ4v) is 5.24. The molecule has 164 valence electrons. The van der Waals surface area contributed by atoms with E-state index in [4.69, 9.17) is 10.5 Å². The Balaban J connectivity index is 1.76. The summed E-state index contributed by atoms with van der Waals surface area (Å²) < 4.78 is 73.4. The minimum atomic E-state index is -4.09. The number of aliphatic imine (C=N–C) groups is 1. The highest BCUT2D eigenvalue weighted by atomic mass is 32.2. The van der Waals surface area contributed by atoms with E-state index in [0.29, 0.717) is 12.3 Å². The fraction of sp³-hybridized carbons (Fsp3) is 0.278. The van der Waals surface area contributed by atoms with Crippen molar-refractivity contribution in [1.82, 2.24) is 9.29 Å². The molecule has 1 fully saturated rings. The largest absolute Gasteiger partial charge is 0.369 e. The summed E-state index contributed by atoms with van der Waals surface area (Å²) in [4.78, 5) is 20.0. The number of hydrogen-bond acceptors (Lipinski definition) is 7. The first-order valence-electron chi connectivity index (χ1n) is 8.93. The molecule has 2 aliphatic heterocycles. The third-order valence-electron chi connectivity index (χ3n) is 5.14. The quantitative estimate of drug-likeness (QED) is 0.718. The summed E-state index contributed by atoms with van der Waals surface area (Å²) in [5.74, 6) is -4.28. The van der Waals surface area contributed by atoms with Gasteiger partial charge in [0.1, 0.15) is 17.2 Å². The van der Waals surface area contributed by atoms with E-state index in [1.807, 2.05) is 0 Å². The van der Waals surface area contributed by atoms with Crippen molar-refractivity contribution in [2.45, 2.75) is 17.4 Å². The van der Waals surface area contributed by atoms with Crippen molar-refractivity contribution >= 4 is 27.6 Å². The van der Waals surface area contributed by atoms with E-state index < -0.39 is 50.1 Å². The molecule has 3 heterocycles. The number of rotatable bonds is 3. The maximum Gasteiger partial charge on any atom is 0.277 e. The Bertz CT molecular complexity index is 1220. The number of carbonyl (C=O) groups excluding carboxylic acids is 1. The lowest BCUT2D eigenvalue weighted by Crippen LogP contribution is -2.55. The molecule has 2 atom stereocenters. The molecule has 2 aliphatic rings. The van der Waals surface area contributed by atoms with E-state index in [9.17, 15) is 26.4 Å². The minimum absolute atomic E-state index is 0.0112. The fourth-order valence-electron chi connectivity index (χ4n) is 3.60. The van der Waals surface area contributed by atoms with Crippen LogP contribution in [0.3, 0.4) is 0 Å². The van der Waals surface area contributed by atoms with Crippen molar-refractivity contribution in [1.29, 1.82) is 0 Å². The Hall–Kier alpha value is -3.19. The number of halogens is 3. The molecule has 2 aromatic rings. The summed E-state index contributed by atoms with van der Waals surface area (Å²) >= 11 is 0. The van der Waals surface area contributed by atoms with E-state index >= 15 is 0 Å². The van der Waals surface area contributed by atoms with Gasteiger partial charge < -0.3 is 15.8 Å². The highest BCUT2D eigenvalue weighted by Gasteiger charge is 2.58. The second kappa shape index (κ2) is 7.20. The molecule has 1 saturated heterocycles. The van der Waals surface area contributed by atoms with Crippen LogP contribution in [0.25, 0.3) is 0 Å². The first kappa shape index (κ1) is 21.1. The van der Waals surface area contributed by atoms with Crippen LogP contribution < -0.4 is 11.1 Å². The summed E-state index contributed by atoms with van der Waals surface area (Å²) in [7, 11) is -2.89. The first-order chi connectivity index (χ1) is 14.6. The van der Waals surface area contributed by atoms with Crippen LogP contribution in [-0.2, 0) is 20.3 Å². The second-order valence-corrected chi connectivity index (χ2v) is 9.00. The van der Waals surface area contributed by atoms with E-state index in [-0.39, 0.29) is 30.2 Å². The monoisotopic (exact) mass is 455 g/mol. The Kier molecular flexibility index (Phi) is 4.89. The Morgan fingerprint density at radius 3 is 2.74 bits per heavy atom. The summed E-state index contributed by atoms with van der Waals surface area (Å²) in [5.41, 5.74) is 1.76. The molecule has 1 aromatic heterocycles. The highest BCUT2D eigenvalue weighted by molar-refractivity contribution is 7.90. The number of sulfonamides is 1. The zero-order chi connectivity index (χ0) is 22.6. The molecule has 0 spiro atoms. The zero-order valence-electron chi connectivity index (χ0n) is 16.0. The van der Waals surface area contributed by atoms with Crippen molar-refractivity contribution in [3.05, 3.63) is 59.2 Å². The number of fused-ring (bicyclic) bond motifs is 1. The van der Waals surface area contributed by atoms with E-state index in [1.165, 1.54) is 19.2 Å². The smallest absolute Gasteiger partial charge is 0.277 e. The van der Waals surface area contributed by atoms with Crippen LogP contribution in [0.15, 0.2) is 35.5 Å². The second-order valence-electron chi connectivity index (χ2n) is 6.99. The number of carbonyl (C=O) groups is 1. The number of anilines is 1. The maximum atomic E-state index is 14.8. The molecule has 0 bridgehead atoms. The van der Waals surface area contributed by atoms with Crippen LogP contribution in [0.4, 0.5) is 18.9 Å². The van der Waals surface area contributed by atoms with Gasteiger partial charge in [-0.1, -0.05) is 0 Å². The molecular weight excluding hydrogens is 439 g/mol. The average Bonchev–Trinajstić information content (AvgIpc) is 3.13. The number of pyridine rings is 1. The van der Waals surface area contributed by atoms with Gasteiger partial charge >= 0.3 is 0 Å². The van der Waals surface area contributed by atoms with Crippen LogP contribution in [0.2, 0.25) is 0 Å². The average molecular weight is 455 g/mol. The molecule has 1 aromatic carbocycles. The Labute approximate surface area is 174 Å². The highest BCUT2D eigenvalue weighted by Crippen LogP contribution is 2.46. The number of benzene rings is 1. The van der Waals surface area contributed by atoms with E-state index in [1.54, 1.807) is 0 Å². The molecule has 13 heteroatoms. The number of hydrogen-bond donors (Lipinski definition) is 2. The number of guanidine groups is 1. The van der Waals surface area contributed by atoms with Crippen LogP contribution in [0.1, 0.15) is 22.5 Å². The first-order valence-corrected chi connectivity index (χ1v) is 10.4. The Morgan fingerprint density at radius 2 is 2.03 bits per heavy atom. The lowest BCUT2D eigenvalue weighted by Gasteiger charge is -2.38. The molecule has 9 nitrogen and oxygen atoms in total. The van der Waals surface area contributed by atoms with Crippen molar-refractivity contribution in [3.8, 4) is 0 Å². The number of nitrogens with zero attached hydrogens (tertiary/aromatic N) is 3. The van der Waals surface area contributed by atoms with Gasteiger partial charge in [0.2, 0.25) is 11.4 Å². The summed E-state index contributed by atoms with van der Waals surface area (Å²) in [6.07, 6.45) is 0.697. The van der Waals surface area contributed by atoms with Crippen LogP contribution >= 0.6 is 0 Å². The summed E-state index contributed by atoms with van der Waals surface area (Å²) in [6.45, 7) is -0.0186. The summed E-state index contributed by atoms with van der Waals surface area (Å²) in [6, 6.07) is 3.86. The number of ether oxygens (including phenoxy) is 1. The van der Waals surface area contributed by atoms with E-state index in [0.717, 1.165) is 10.4 Å². The van der Waals surface area contributed by atoms with Crippen LogP contribution in [-0.4, -0.2) is 48.7 Å². The van der Waals surface area contributed by atoms with Crippen molar-refractivity contribution in [2.24, 2.45) is 10.7 Å². The van der Waals surface area contributed by atoms with Crippen molar-refractivity contribution in [3.63, 3.8) is 0 Å². The van der Waals surface area contributed by atoms with Gasteiger partial charge in [0.25, 0.3) is 15.9 Å². The predicted octanol–water partition coefficient (Wildman–Crippen LogP) is 1.28. The van der Waals surface area contributed by atoms with Gasteiger partial charge in [0.15, 0.2) is 11.5 Å². The molecule has 0 saturated carbocycles. The molecule has 1 amide bonds. The van der Waals surface area contributed by atoms with Gasteiger partial charge in [-0.2, -0.15) is 0 Å². The third-order valence-corrected chi connectivity index (χ3v) is 7.16. The molecule has 3 N–H and O–H groups in total. The van der Waals surface area contributed by atoms with Gasteiger partial charge in [-0.15, -0.1) is 0 Å². The zero-order valence-corrected chi connectivity index (χ0v) is 16.8. The number of amides is 1. The van der Waals surface area contributed by atoms with Gasteiger partial charge in [0.05, 0.1) is 12.8 Å². The SMILES string of the molecule is CN1C(N)=NC2(c3cc(NC(=O)c4ncc(F)cc4F)ccc3F)CCOC2S1(=O)=O. The topological polar surface area (TPSA) is 127 Å². The van der Waals surface area contributed by atoms with Gasteiger partial charge in [-0.05, 0) is 18.2 Å². The van der Waals surface area contributed by atoms with Crippen LogP contribution in [0.5, 0.6) is 0 Å². The molecule has 31 heavy (non-hydrogen) atoms. The van der Waals surface area contributed by atoms with Gasteiger partial charge in [-0.3, -0.25) is 4.79 Å². The van der Waals surface area contributed by atoms with Gasteiger partial charge in [-0.25, -0.2) is 35.9 Å². The normalized spacial score (nSPS) is 24.5. The number of aromatic nitrogens is 1. The summed E-state index contributed by atoms with van der Waals surface area (Å²) in [5, 5.41) is 2.33. The van der Waals surface area contributed by atoms with E-state index in [2.05, 4.69) is 15.3 Å². The maximum absolute atomic E-state index is 14.8. The molecule has 0 radical (unpaired) electrons. The lowest BCUT2D eigenvalue weighted by atomic mass is 9.88. The molecule has 4 rings (SSSR count). The molecular formula is C18H16F3N5O4S. The van der Waals surface area contributed by atoms with Crippen LogP contribution in [0, 0.1) is 17.5 Å². The third kappa shape index (κ3) is 3.29. The lowest BCUT2D eigenvalue weighted by molar-refractivity contribution is 0.101. The number of nitrogens with one attached hydrogen (secondary N) is 1. The molecule has 2 unspecified atom stereocenters. The van der Waals surface area contributed by atoms with Gasteiger partial charge in [0, 0.05) is 30.8 Å². The minimum Gasteiger partial charge on any atom is -0.369 e. The van der Waals surface area contributed by atoms with Crippen molar-refractivity contribution in [2.75, 3.05) is 19.0 Å². The molecule has 0 aliphatic carbocycles. The predicted molar refractivity (Wildman–Crippen MR) is 103 cm³/mol. The van der Waals surface area contributed by atoms with Crippen molar-refractivity contribution < 1.29 is 31.1 Å².